The highest BCUT2D eigenvalue weighted by Gasteiger charge is 2.38. The number of ether oxygens (including phenoxy) is 1. The lowest BCUT2D eigenvalue weighted by atomic mass is 9.72. The van der Waals surface area contributed by atoms with Gasteiger partial charge < -0.3 is 19.3 Å². The van der Waals surface area contributed by atoms with Crippen molar-refractivity contribution in [2.45, 2.75) is 44.6 Å². The first-order chi connectivity index (χ1) is 14.4. The van der Waals surface area contributed by atoms with Crippen LogP contribution < -0.4 is 10.3 Å². The lowest BCUT2D eigenvalue weighted by Crippen LogP contribution is -2.43. The molecule has 0 unspecified atom stereocenters. The van der Waals surface area contributed by atoms with E-state index in [1.165, 1.54) is 10.8 Å². The Kier molecular flexibility index (Phi) is 4.57. The van der Waals surface area contributed by atoms with Crippen molar-refractivity contribution in [1.82, 2.24) is 4.57 Å². The summed E-state index contributed by atoms with van der Waals surface area (Å²) >= 11 is 0. The van der Waals surface area contributed by atoms with Gasteiger partial charge in [0.2, 0.25) is 5.43 Å². The van der Waals surface area contributed by atoms with Crippen molar-refractivity contribution < 1.29 is 23.4 Å². The Balaban J connectivity index is 1.59. The number of nitrogens with zero attached hydrogens (tertiary/aromatic N) is 2. The molecular weight excluding hydrogens is 394 g/mol. The summed E-state index contributed by atoms with van der Waals surface area (Å²) in [6.45, 7) is 2.55. The monoisotopic (exact) mass is 418 g/mol. The van der Waals surface area contributed by atoms with Crippen LogP contribution in [-0.4, -0.2) is 41.9 Å². The zero-order chi connectivity index (χ0) is 21.0. The van der Waals surface area contributed by atoms with Gasteiger partial charge in [-0.25, -0.2) is 13.6 Å². The molecule has 1 N–H and O–H groups in total. The average Bonchev–Trinajstić information content (AvgIpc) is 3.56. The molecule has 1 saturated carbocycles. The van der Waals surface area contributed by atoms with Crippen LogP contribution in [0.15, 0.2) is 17.1 Å². The molecule has 2 aromatic rings. The Morgan fingerprint density at radius 1 is 1.13 bits per heavy atom. The summed E-state index contributed by atoms with van der Waals surface area (Å²) in [5.41, 5.74) is -1.22. The van der Waals surface area contributed by atoms with Crippen LogP contribution in [0, 0.1) is 17.0 Å². The molecule has 8 heteroatoms. The van der Waals surface area contributed by atoms with Crippen molar-refractivity contribution in [3.63, 3.8) is 0 Å². The Morgan fingerprint density at radius 3 is 2.40 bits per heavy atom. The minimum Gasteiger partial charge on any atom is -0.477 e. The van der Waals surface area contributed by atoms with E-state index in [-0.39, 0.29) is 28.0 Å². The smallest absolute Gasteiger partial charge is 0.341 e. The number of carbonyl (C=O) groups is 1. The molecule has 6 nitrogen and oxygen atoms in total. The number of anilines is 1. The van der Waals surface area contributed by atoms with Gasteiger partial charge >= 0.3 is 5.97 Å². The third-order valence-corrected chi connectivity index (χ3v) is 7.05. The number of carboxylic acid groups (broad SMARTS) is 1. The maximum atomic E-state index is 15.7. The van der Waals surface area contributed by atoms with E-state index >= 15 is 8.78 Å². The number of halogens is 2. The summed E-state index contributed by atoms with van der Waals surface area (Å²) in [7, 11) is 0. The quantitative estimate of drug-likeness (QED) is 0.823. The maximum absolute atomic E-state index is 15.7. The molecule has 2 aliphatic heterocycles. The summed E-state index contributed by atoms with van der Waals surface area (Å²) < 4.78 is 37.7. The first-order valence-corrected chi connectivity index (χ1v) is 10.5. The molecule has 5 rings (SSSR count). The summed E-state index contributed by atoms with van der Waals surface area (Å²) in [5.74, 6) is -2.97. The highest BCUT2D eigenvalue weighted by Crippen LogP contribution is 2.44. The normalized spacial score (nSPS) is 21.3. The third-order valence-electron chi connectivity index (χ3n) is 7.05. The summed E-state index contributed by atoms with van der Waals surface area (Å²) in [5, 5.41) is 9.14. The van der Waals surface area contributed by atoms with E-state index in [0.717, 1.165) is 57.8 Å². The molecule has 30 heavy (non-hydrogen) atoms. The zero-order valence-corrected chi connectivity index (χ0v) is 16.6. The van der Waals surface area contributed by atoms with Gasteiger partial charge in [0.1, 0.15) is 17.1 Å². The molecule has 3 fully saturated rings. The van der Waals surface area contributed by atoms with E-state index in [1.54, 1.807) is 4.90 Å². The highest BCUT2D eigenvalue weighted by atomic mass is 19.1. The average molecular weight is 418 g/mol. The molecule has 160 valence electrons. The second-order valence-electron chi connectivity index (χ2n) is 8.83. The molecular formula is C22H24F2N2O4. The lowest BCUT2D eigenvalue weighted by Gasteiger charge is -2.45. The second kappa shape index (κ2) is 7.04. The predicted octanol–water partition coefficient (Wildman–Crippen LogP) is 3.71. The number of piperidine rings is 1. The van der Waals surface area contributed by atoms with Crippen molar-refractivity contribution in [3.05, 3.63) is 39.7 Å². The van der Waals surface area contributed by atoms with Crippen molar-refractivity contribution in [2.75, 3.05) is 31.2 Å². The number of aromatic carboxylic acids is 1. The van der Waals surface area contributed by atoms with Crippen LogP contribution in [0.2, 0.25) is 0 Å². The van der Waals surface area contributed by atoms with E-state index in [4.69, 9.17) is 4.74 Å². The van der Waals surface area contributed by atoms with Crippen LogP contribution in [0.25, 0.3) is 10.9 Å². The van der Waals surface area contributed by atoms with Crippen LogP contribution in [0.5, 0.6) is 0 Å². The first kappa shape index (κ1) is 19.5. The van der Waals surface area contributed by atoms with Gasteiger partial charge in [-0.05, 0) is 50.0 Å². The van der Waals surface area contributed by atoms with E-state index in [1.807, 2.05) is 0 Å². The largest absolute Gasteiger partial charge is 0.477 e. The Morgan fingerprint density at radius 2 is 1.80 bits per heavy atom. The minimum atomic E-state index is -1.39. The van der Waals surface area contributed by atoms with Crippen LogP contribution in [0.1, 0.15) is 54.9 Å². The number of rotatable bonds is 3. The molecule has 1 aliphatic carbocycles. The van der Waals surface area contributed by atoms with Gasteiger partial charge in [-0.15, -0.1) is 0 Å². The molecule has 0 amide bonds. The van der Waals surface area contributed by atoms with Crippen molar-refractivity contribution in [2.24, 2.45) is 5.41 Å². The zero-order valence-electron chi connectivity index (χ0n) is 16.6. The number of fused-ring (bicyclic) bond motifs is 1. The van der Waals surface area contributed by atoms with Gasteiger partial charge in [-0.1, -0.05) is 0 Å². The minimum absolute atomic E-state index is 0.00949. The van der Waals surface area contributed by atoms with E-state index in [0.29, 0.717) is 13.1 Å². The predicted molar refractivity (Wildman–Crippen MR) is 107 cm³/mol. The van der Waals surface area contributed by atoms with Gasteiger partial charge in [-0.3, -0.25) is 4.79 Å². The van der Waals surface area contributed by atoms with Gasteiger partial charge in [0, 0.05) is 38.5 Å². The Hall–Kier alpha value is -2.48. The first-order valence-electron chi connectivity index (χ1n) is 10.5. The van der Waals surface area contributed by atoms with Crippen LogP contribution >= 0.6 is 0 Å². The van der Waals surface area contributed by atoms with Crippen molar-refractivity contribution in [1.29, 1.82) is 0 Å². The molecule has 1 aromatic heterocycles. The molecule has 3 heterocycles. The molecule has 3 aliphatic rings. The Bertz CT molecular complexity index is 1080. The second-order valence-corrected chi connectivity index (χ2v) is 8.83. The lowest BCUT2D eigenvalue weighted by molar-refractivity contribution is 0.00201. The van der Waals surface area contributed by atoms with Gasteiger partial charge in [0.05, 0.1) is 10.9 Å². The molecule has 0 radical (unpaired) electrons. The molecule has 2 saturated heterocycles. The van der Waals surface area contributed by atoms with Crippen molar-refractivity contribution in [3.8, 4) is 0 Å². The highest BCUT2D eigenvalue weighted by molar-refractivity contribution is 5.94. The van der Waals surface area contributed by atoms with E-state index < -0.39 is 28.6 Å². The van der Waals surface area contributed by atoms with Crippen molar-refractivity contribution >= 4 is 22.6 Å². The molecule has 0 bridgehead atoms. The number of carboxylic acids is 1. The van der Waals surface area contributed by atoms with E-state index in [2.05, 4.69) is 0 Å². The summed E-state index contributed by atoms with van der Waals surface area (Å²) in [4.78, 5) is 25.8. The Labute approximate surface area is 172 Å². The summed E-state index contributed by atoms with van der Waals surface area (Å²) in [6, 6.07) is 0.950. The fraction of sp³-hybridized carbons (Fsp3) is 0.545. The third kappa shape index (κ3) is 3.09. The SMILES string of the molecule is O=C(O)c1cn(C2CC2)c2c(F)c(N3CCC4(CCOCC4)CC3)c(F)cc2c1=O. The standard InChI is InChI=1S/C22H24F2N2O4/c23-16-11-14-18(26(13-1-2-13)12-15(20(14)27)21(28)29)17(24)19(16)25-7-3-22(4-8-25)5-9-30-10-6-22/h11-13H,1-10H2,(H,28,29). The number of hydrogen-bond donors (Lipinski definition) is 1. The molecule has 1 spiro atoms. The fourth-order valence-electron chi connectivity index (χ4n) is 5.02. The molecule has 0 atom stereocenters. The number of pyridine rings is 1. The number of benzene rings is 1. The van der Waals surface area contributed by atoms with Gasteiger partial charge in [0.15, 0.2) is 5.82 Å². The maximum Gasteiger partial charge on any atom is 0.341 e. The molecule has 1 aromatic carbocycles. The summed E-state index contributed by atoms with van der Waals surface area (Å²) in [6.07, 6.45) is 6.41. The van der Waals surface area contributed by atoms with E-state index in [9.17, 15) is 14.7 Å². The van der Waals surface area contributed by atoms with Crippen LogP contribution in [0.4, 0.5) is 14.5 Å². The number of hydrogen-bond acceptors (Lipinski definition) is 4. The number of aromatic nitrogens is 1. The van der Waals surface area contributed by atoms with Crippen LogP contribution in [0.3, 0.4) is 0 Å². The van der Waals surface area contributed by atoms with Gasteiger partial charge in [-0.2, -0.15) is 0 Å². The topological polar surface area (TPSA) is 71.8 Å². The van der Waals surface area contributed by atoms with Crippen LogP contribution in [-0.2, 0) is 4.74 Å². The van der Waals surface area contributed by atoms with Gasteiger partial charge in [0.25, 0.3) is 0 Å². The fourth-order valence-corrected chi connectivity index (χ4v) is 5.02.